The number of rotatable bonds is 4. The van der Waals surface area contributed by atoms with E-state index < -0.39 is 10.0 Å². The third-order valence-electron chi connectivity index (χ3n) is 3.92. The van der Waals surface area contributed by atoms with Crippen molar-refractivity contribution in [1.82, 2.24) is 9.71 Å². The number of aromatic nitrogens is 1. The van der Waals surface area contributed by atoms with Crippen molar-refractivity contribution in [3.63, 3.8) is 0 Å². The molecule has 2 N–H and O–H groups in total. The Morgan fingerprint density at radius 2 is 2.00 bits per heavy atom. The molecule has 1 heterocycles. The average Bonchev–Trinajstić information content (AvgIpc) is 2.64. The third kappa shape index (κ3) is 3.93. The summed E-state index contributed by atoms with van der Waals surface area (Å²) in [6.45, 7) is 2.30. The van der Waals surface area contributed by atoms with Crippen LogP contribution in [0.25, 0.3) is 0 Å². The molecular formula is C14H23N3O2S. The number of hydrogen-bond donors (Lipinski definition) is 2. The zero-order chi connectivity index (χ0) is 14.6. The van der Waals surface area contributed by atoms with E-state index in [2.05, 4.69) is 21.9 Å². The topological polar surface area (TPSA) is 71.1 Å². The molecule has 0 radical (unpaired) electrons. The van der Waals surface area contributed by atoms with Crippen molar-refractivity contribution in [2.75, 3.05) is 12.4 Å². The molecule has 20 heavy (non-hydrogen) atoms. The van der Waals surface area contributed by atoms with Gasteiger partial charge in [0.25, 0.3) is 0 Å². The molecule has 0 aliphatic heterocycles. The summed E-state index contributed by atoms with van der Waals surface area (Å²) in [4.78, 5) is 4.40. The minimum atomic E-state index is -3.40. The zero-order valence-electron chi connectivity index (χ0n) is 12.1. The first-order valence-corrected chi connectivity index (χ1v) is 8.65. The van der Waals surface area contributed by atoms with Crippen LogP contribution in [0, 0.1) is 5.92 Å². The normalized spacial score (nSPS) is 24.1. The van der Waals surface area contributed by atoms with Gasteiger partial charge in [0.15, 0.2) is 0 Å². The fraction of sp³-hybridized carbons (Fsp3) is 0.643. The van der Waals surface area contributed by atoms with E-state index in [0.29, 0.717) is 6.04 Å². The Hall–Kier alpha value is -1.14. The van der Waals surface area contributed by atoms with Gasteiger partial charge in [-0.05, 0) is 44.4 Å². The highest BCUT2D eigenvalue weighted by Crippen LogP contribution is 2.24. The van der Waals surface area contributed by atoms with Gasteiger partial charge in [-0.1, -0.05) is 19.8 Å². The van der Waals surface area contributed by atoms with Crippen LogP contribution in [0.15, 0.2) is 23.2 Å². The molecule has 112 valence electrons. The Bertz CT molecular complexity index is 528. The van der Waals surface area contributed by atoms with Gasteiger partial charge in [-0.25, -0.2) is 18.1 Å². The molecule has 6 heteroatoms. The Morgan fingerprint density at radius 1 is 1.20 bits per heavy atom. The Labute approximate surface area is 121 Å². The molecule has 0 amide bonds. The smallest absolute Gasteiger partial charge is 0.241 e. The van der Waals surface area contributed by atoms with Crippen LogP contribution in [0.4, 0.5) is 5.82 Å². The van der Waals surface area contributed by atoms with Gasteiger partial charge < -0.3 is 5.32 Å². The standard InChI is InChI=1S/C14H23N3O2S/c1-11-4-3-5-12(7-6-11)17-14-9-8-13(10-16-14)20(18,19)15-2/h8-12,15H,3-7H2,1-2H3,(H,16,17). The second-order valence-electron chi connectivity index (χ2n) is 5.54. The SMILES string of the molecule is CNS(=O)(=O)c1ccc(NC2CCCC(C)CC2)nc1. The summed E-state index contributed by atoms with van der Waals surface area (Å²) < 4.78 is 25.5. The Kier molecular flexibility index (Phi) is 4.99. The lowest BCUT2D eigenvalue weighted by atomic mass is 10.0. The summed E-state index contributed by atoms with van der Waals surface area (Å²) in [5.41, 5.74) is 0. The van der Waals surface area contributed by atoms with E-state index in [1.165, 1.54) is 32.5 Å². The highest BCUT2D eigenvalue weighted by atomic mass is 32.2. The number of nitrogens with zero attached hydrogens (tertiary/aromatic N) is 1. The second kappa shape index (κ2) is 6.54. The fourth-order valence-corrected chi connectivity index (χ4v) is 3.26. The minimum Gasteiger partial charge on any atom is -0.367 e. The number of nitrogens with one attached hydrogen (secondary N) is 2. The van der Waals surface area contributed by atoms with Gasteiger partial charge in [0.05, 0.1) is 0 Å². The zero-order valence-corrected chi connectivity index (χ0v) is 12.9. The van der Waals surface area contributed by atoms with E-state index in [1.807, 2.05) is 0 Å². The first-order valence-electron chi connectivity index (χ1n) is 7.17. The third-order valence-corrected chi connectivity index (χ3v) is 5.32. The molecule has 2 atom stereocenters. The maximum absolute atomic E-state index is 11.6. The van der Waals surface area contributed by atoms with Crippen molar-refractivity contribution >= 4 is 15.8 Å². The molecule has 1 aliphatic carbocycles. The van der Waals surface area contributed by atoms with E-state index in [4.69, 9.17) is 0 Å². The molecule has 2 unspecified atom stereocenters. The van der Waals surface area contributed by atoms with Gasteiger partial charge in [0.2, 0.25) is 10.0 Å². The maximum Gasteiger partial charge on any atom is 0.241 e. The van der Waals surface area contributed by atoms with Gasteiger partial charge in [-0.15, -0.1) is 0 Å². The van der Waals surface area contributed by atoms with E-state index in [0.717, 1.165) is 24.6 Å². The predicted molar refractivity (Wildman–Crippen MR) is 80.1 cm³/mol. The van der Waals surface area contributed by atoms with Gasteiger partial charge in [-0.3, -0.25) is 0 Å². The van der Waals surface area contributed by atoms with Crippen LogP contribution < -0.4 is 10.0 Å². The first kappa shape index (κ1) is 15.3. The molecule has 2 rings (SSSR count). The summed E-state index contributed by atoms with van der Waals surface area (Å²) in [5, 5.41) is 3.41. The van der Waals surface area contributed by atoms with Crippen LogP contribution in [0.3, 0.4) is 0 Å². The molecule has 1 aromatic heterocycles. The number of hydrogen-bond acceptors (Lipinski definition) is 4. The van der Waals surface area contributed by atoms with Gasteiger partial charge in [-0.2, -0.15) is 0 Å². The molecule has 1 saturated carbocycles. The molecule has 0 bridgehead atoms. The minimum absolute atomic E-state index is 0.194. The van der Waals surface area contributed by atoms with Crippen molar-refractivity contribution in [2.45, 2.75) is 50.0 Å². The predicted octanol–water partition coefficient (Wildman–Crippen LogP) is 2.37. The monoisotopic (exact) mass is 297 g/mol. The lowest BCUT2D eigenvalue weighted by Crippen LogP contribution is -2.20. The summed E-state index contributed by atoms with van der Waals surface area (Å²) >= 11 is 0. The van der Waals surface area contributed by atoms with E-state index in [-0.39, 0.29) is 4.90 Å². The summed E-state index contributed by atoms with van der Waals surface area (Å²) in [6.07, 6.45) is 7.48. The second-order valence-corrected chi connectivity index (χ2v) is 7.43. The van der Waals surface area contributed by atoms with Crippen LogP contribution in [0.5, 0.6) is 0 Å². The van der Waals surface area contributed by atoms with Gasteiger partial charge in [0, 0.05) is 12.2 Å². The van der Waals surface area contributed by atoms with Crippen molar-refractivity contribution in [1.29, 1.82) is 0 Å². The highest BCUT2D eigenvalue weighted by Gasteiger charge is 2.17. The molecule has 0 spiro atoms. The number of sulfonamides is 1. The Morgan fingerprint density at radius 3 is 2.65 bits per heavy atom. The van der Waals surface area contributed by atoms with E-state index in [9.17, 15) is 8.42 Å². The van der Waals surface area contributed by atoms with Crippen molar-refractivity contribution in [2.24, 2.45) is 5.92 Å². The summed E-state index contributed by atoms with van der Waals surface area (Å²) in [6, 6.07) is 3.76. The van der Waals surface area contributed by atoms with Crippen LogP contribution in [0.2, 0.25) is 0 Å². The van der Waals surface area contributed by atoms with Crippen molar-refractivity contribution in [3.05, 3.63) is 18.3 Å². The molecule has 0 aromatic carbocycles. The number of anilines is 1. The quantitative estimate of drug-likeness (QED) is 0.837. The first-order chi connectivity index (χ1) is 9.51. The largest absolute Gasteiger partial charge is 0.367 e. The van der Waals surface area contributed by atoms with Crippen LogP contribution >= 0.6 is 0 Å². The molecule has 1 aromatic rings. The van der Waals surface area contributed by atoms with Gasteiger partial charge in [0.1, 0.15) is 10.7 Å². The van der Waals surface area contributed by atoms with Crippen molar-refractivity contribution < 1.29 is 8.42 Å². The summed E-state index contributed by atoms with van der Waals surface area (Å²) in [5.74, 6) is 1.55. The van der Waals surface area contributed by atoms with Crippen LogP contribution in [-0.2, 0) is 10.0 Å². The Balaban J connectivity index is 2.00. The maximum atomic E-state index is 11.6. The molecule has 1 fully saturated rings. The lowest BCUT2D eigenvalue weighted by molar-refractivity contribution is 0.502. The number of pyridine rings is 1. The van der Waals surface area contributed by atoms with Crippen molar-refractivity contribution in [3.8, 4) is 0 Å². The highest BCUT2D eigenvalue weighted by molar-refractivity contribution is 7.89. The van der Waals surface area contributed by atoms with E-state index in [1.54, 1.807) is 12.1 Å². The molecule has 0 saturated heterocycles. The molecule has 5 nitrogen and oxygen atoms in total. The van der Waals surface area contributed by atoms with Crippen LogP contribution in [-0.4, -0.2) is 26.5 Å². The van der Waals surface area contributed by atoms with E-state index >= 15 is 0 Å². The van der Waals surface area contributed by atoms with Crippen LogP contribution in [0.1, 0.15) is 39.0 Å². The fourth-order valence-electron chi connectivity index (χ4n) is 2.58. The van der Waals surface area contributed by atoms with Gasteiger partial charge >= 0.3 is 0 Å². The summed E-state index contributed by atoms with van der Waals surface area (Å²) in [7, 11) is -2.00. The lowest BCUT2D eigenvalue weighted by Gasteiger charge is -2.17. The average molecular weight is 297 g/mol. The molecular weight excluding hydrogens is 274 g/mol. The molecule has 1 aliphatic rings.